The first-order chi connectivity index (χ1) is 13.2. The molecule has 0 unspecified atom stereocenters. The van der Waals surface area contributed by atoms with Gasteiger partial charge in [0.1, 0.15) is 0 Å². The third kappa shape index (κ3) is 3.01. The van der Waals surface area contributed by atoms with Gasteiger partial charge < -0.3 is 4.90 Å². The Morgan fingerprint density at radius 2 is 2.00 bits per heavy atom. The predicted molar refractivity (Wildman–Crippen MR) is 103 cm³/mol. The van der Waals surface area contributed by atoms with E-state index >= 15 is 0 Å². The lowest BCUT2D eigenvalue weighted by Gasteiger charge is -2.34. The van der Waals surface area contributed by atoms with Crippen molar-refractivity contribution in [3.63, 3.8) is 0 Å². The molecule has 3 heterocycles. The number of carbonyl (C=O) groups is 1. The van der Waals surface area contributed by atoms with Gasteiger partial charge in [0.2, 0.25) is 5.91 Å². The lowest BCUT2D eigenvalue weighted by atomic mass is 10.0. The van der Waals surface area contributed by atoms with E-state index in [0.29, 0.717) is 12.5 Å². The Kier molecular flexibility index (Phi) is 4.14. The van der Waals surface area contributed by atoms with Gasteiger partial charge in [-0.15, -0.1) is 0 Å². The molecule has 5 rings (SSSR count). The van der Waals surface area contributed by atoms with E-state index in [1.807, 2.05) is 26.2 Å². The van der Waals surface area contributed by atoms with Crippen LogP contribution in [0.3, 0.4) is 0 Å². The molecule has 2 aromatic rings. The van der Waals surface area contributed by atoms with Crippen LogP contribution in [0.15, 0.2) is 35.3 Å². The van der Waals surface area contributed by atoms with Crippen LogP contribution < -0.4 is 5.69 Å². The fraction of sp³-hybridized carbons (Fsp3) is 0.571. The minimum Gasteiger partial charge on any atom is -0.340 e. The van der Waals surface area contributed by atoms with Gasteiger partial charge in [-0.25, -0.2) is 9.78 Å². The molecular weight excluding hydrogens is 340 g/mol. The van der Waals surface area contributed by atoms with E-state index in [0.717, 1.165) is 49.9 Å². The van der Waals surface area contributed by atoms with E-state index in [4.69, 9.17) is 0 Å². The number of piperidine rings is 1. The van der Waals surface area contributed by atoms with E-state index in [-0.39, 0.29) is 23.6 Å². The molecule has 1 atom stereocenters. The molecule has 2 aliphatic carbocycles. The molecule has 0 aromatic carbocycles. The van der Waals surface area contributed by atoms with Crippen molar-refractivity contribution in [1.82, 2.24) is 19.0 Å². The standard InChI is InChI=1S/C21H26N4O2/c26-20(16-5-1-2-6-16)23-12-4-7-17(14-23)25-19-18(8-3-11-22-19)24(21(25)27)13-15-9-10-15/h1-3,8,11,15-17H,4-7,9-10,12-14H2/t17-/m0/s1. The Morgan fingerprint density at radius 1 is 1.19 bits per heavy atom. The number of hydrogen-bond donors (Lipinski definition) is 0. The van der Waals surface area contributed by atoms with Crippen LogP contribution in [-0.4, -0.2) is 38.0 Å². The van der Waals surface area contributed by atoms with Crippen molar-refractivity contribution in [1.29, 1.82) is 0 Å². The predicted octanol–water partition coefficient (Wildman–Crippen LogP) is 2.74. The number of likely N-dealkylation sites (tertiary alicyclic amines) is 1. The van der Waals surface area contributed by atoms with Gasteiger partial charge in [-0.2, -0.15) is 0 Å². The number of hydrogen-bond acceptors (Lipinski definition) is 3. The zero-order chi connectivity index (χ0) is 18.4. The van der Waals surface area contributed by atoms with Gasteiger partial charge in [0.05, 0.1) is 11.6 Å². The molecule has 2 aromatic heterocycles. The van der Waals surface area contributed by atoms with Crippen LogP contribution in [0, 0.1) is 11.8 Å². The Balaban J connectivity index is 1.46. The van der Waals surface area contributed by atoms with Crippen molar-refractivity contribution in [2.24, 2.45) is 11.8 Å². The summed E-state index contributed by atoms with van der Waals surface area (Å²) < 4.78 is 3.77. The van der Waals surface area contributed by atoms with Crippen LogP contribution in [0.5, 0.6) is 0 Å². The molecule has 0 spiro atoms. The minimum atomic E-state index is 0.0161. The molecule has 1 amide bonds. The summed E-state index contributed by atoms with van der Waals surface area (Å²) in [5, 5.41) is 0. The molecular formula is C21H26N4O2. The van der Waals surface area contributed by atoms with Crippen LogP contribution in [0.1, 0.15) is 44.6 Å². The minimum absolute atomic E-state index is 0.0161. The molecule has 0 radical (unpaired) electrons. The highest BCUT2D eigenvalue weighted by Crippen LogP contribution is 2.32. The molecule has 0 N–H and O–H groups in total. The van der Waals surface area contributed by atoms with Crippen molar-refractivity contribution >= 4 is 17.1 Å². The van der Waals surface area contributed by atoms with Gasteiger partial charge in [-0.05, 0) is 56.6 Å². The van der Waals surface area contributed by atoms with Crippen LogP contribution in [0.2, 0.25) is 0 Å². The number of amides is 1. The molecule has 1 aliphatic heterocycles. The molecule has 27 heavy (non-hydrogen) atoms. The van der Waals surface area contributed by atoms with Crippen molar-refractivity contribution in [2.45, 2.75) is 51.1 Å². The highest BCUT2D eigenvalue weighted by molar-refractivity contribution is 5.80. The summed E-state index contributed by atoms with van der Waals surface area (Å²) >= 11 is 0. The second kappa shape index (κ2) is 6.66. The van der Waals surface area contributed by atoms with E-state index in [2.05, 4.69) is 17.1 Å². The fourth-order valence-corrected chi connectivity index (χ4v) is 4.62. The molecule has 2 fully saturated rings. The number of carbonyl (C=O) groups excluding carboxylic acids is 1. The van der Waals surface area contributed by atoms with E-state index in [1.165, 1.54) is 12.8 Å². The zero-order valence-corrected chi connectivity index (χ0v) is 15.6. The fourth-order valence-electron chi connectivity index (χ4n) is 4.62. The van der Waals surface area contributed by atoms with Gasteiger partial charge in [0.15, 0.2) is 5.65 Å². The number of fused-ring (bicyclic) bond motifs is 1. The second-order valence-electron chi connectivity index (χ2n) is 8.27. The molecule has 0 bridgehead atoms. The monoisotopic (exact) mass is 366 g/mol. The average Bonchev–Trinajstić information content (AvgIpc) is 3.26. The topological polar surface area (TPSA) is 60.1 Å². The number of imidazole rings is 1. The quantitative estimate of drug-likeness (QED) is 0.782. The molecule has 6 nitrogen and oxygen atoms in total. The summed E-state index contributed by atoms with van der Waals surface area (Å²) in [5.41, 5.74) is 1.74. The third-order valence-corrected chi connectivity index (χ3v) is 6.29. The van der Waals surface area contributed by atoms with Gasteiger partial charge in [0, 0.05) is 31.7 Å². The number of aromatic nitrogens is 3. The lowest BCUT2D eigenvalue weighted by Crippen LogP contribution is -2.45. The largest absolute Gasteiger partial charge is 0.340 e. The SMILES string of the molecule is O=C(C1CC=CC1)N1CCC[C@H](n2c(=O)n(CC3CC3)c3cccnc32)C1. The smallest absolute Gasteiger partial charge is 0.330 e. The average molecular weight is 366 g/mol. The summed E-state index contributed by atoms with van der Waals surface area (Å²) in [6.45, 7) is 2.21. The van der Waals surface area contributed by atoms with Crippen LogP contribution in [0.25, 0.3) is 11.2 Å². The first kappa shape index (κ1) is 16.8. The number of allylic oxidation sites excluding steroid dienone is 2. The van der Waals surface area contributed by atoms with Crippen molar-refractivity contribution in [2.75, 3.05) is 13.1 Å². The normalized spacial score (nSPS) is 23.4. The van der Waals surface area contributed by atoms with Crippen molar-refractivity contribution < 1.29 is 4.79 Å². The maximum absolute atomic E-state index is 13.3. The first-order valence-corrected chi connectivity index (χ1v) is 10.2. The molecule has 6 heteroatoms. The van der Waals surface area contributed by atoms with Crippen LogP contribution in [-0.2, 0) is 11.3 Å². The molecule has 3 aliphatic rings. The Labute approximate surface area is 158 Å². The Morgan fingerprint density at radius 3 is 2.78 bits per heavy atom. The van der Waals surface area contributed by atoms with E-state index < -0.39 is 0 Å². The van der Waals surface area contributed by atoms with Gasteiger partial charge in [-0.1, -0.05) is 12.2 Å². The molecule has 1 saturated carbocycles. The zero-order valence-electron chi connectivity index (χ0n) is 15.6. The first-order valence-electron chi connectivity index (χ1n) is 10.2. The van der Waals surface area contributed by atoms with Gasteiger partial charge in [0.25, 0.3) is 0 Å². The molecule has 1 saturated heterocycles. The third-order valence-electron chi connectivity index (χ3n) is 6.29. The van der Waals surface area contributed by atoms with Crippen molar-refractivity contribution in [3.8, 4) is 0 Å². The van der Waals surface area contributed by atoms with E-state index in [1.54, 1.807) is 6.20 Å². The lowest BCUT2D eigenvalue weighted by molar-refractivity contribution is -0.136. The van der Waals surface area contributed by atoms with Crippen LogP contribution >= 0.6 is 0 Å². The summed E-state index contributed by atoms with van der Waals surface area (Å²) in [6.07, 6.45) is 11.9. The Bertz CT molecular complexity index is 945. The maximum atomic E-state index is 13.3. The van der Waals surface area contributed by atoms with E-state index in [9.17, 15) is 9.59 Å². The Hall–Kier alpha value is -2.37. The number of pyridine rings is 1. The number of nitrogens with zero attached hydrogens (tertiary/aromatic N) is 4. The highest BCUT2D eigenvalue weighted by Gasteiger charge is 2.32. The summed E-state index contributed by atoms with van der Waals surface area (Å²) in [6, 6.07) is 3.92. The summed E-state index contributed by atoms with van der Waals surface area (Å²) in [7, 11) is 0. The summed E-state index contributed by atoms with van der Waals surface area (Å²) in [5.74, 6) is 0.962. The summed E-state index contributed by atoms with van der Waals surface area (Å²) in [4.78, 5) is 32.6. The maximum Gasteiger partial charge on any atom is 0.330 e. The number of rotatable bonds is 4. The highest BCUT2D eigenvalue weighted by atomic mass is 16.2. The molecule has 142 valence electrons. The van der Waals surface area contributed by atoms with Crippen LogP contribution in [0.4, 0.5) is 0 Å². The van der Waals surface area contributed by atoms with Crippen molar-refractivity contribution in [3.05, 3.63) is 41.0 Å². The van der Waals surface area contributed by atoms with Gasteiger partial charge in [-0.3, -0.25) is 13.9 Å². The second-order valence-corrected chi connectivity index (χ2v) is 8.27. The van der Waals surface area contributed by atoms with Gasteiger partial charge >= 0.3 is 5.69 Å².